The number of rotatable bonds is 4. The van der Waals surface area contributed by atoms with Crippen molar-refractivity contribution in [2.75, 3.05) is 13.1 Å². The van der Waals surface area contributed by atoms with E-state index in [0.29, 0.717) is 13.1 Å². The van der Waals surface area contributed by atoms with Crippen molar-refractivity contribution in [1.82, 2.24) is 5.48 Å². The lowest BCUT2D eigenvalue weighted by Gasteiger charge is -1.88. The second kappa shape index (κ2) is 32.4. The highest BCUT2D eigenvalue weighted by molar-refractivity contribution is 5.63. The fourth-order valence-electron chi connectivity index (χ4n) is 0.335. The first kappa shape index (κ1) is 33.2. The SMILES string of the molecule is CC(=O)O.CC(=O)O.CC(=O)O.CC(=O)O.CCC=NCCNO. The van der Waals surface area contributed by atoms with Gasteiger partial charge in [-0.1, -0.05) is 6.92 Å². The normalized spacial score (nSPS) is 7.75. The zero-order chi connectivity index (χ0) is 20.6. The second-order valence-electron chi connectivity index (χ2n) is 3.48. The second-order valence-corrected chi connectivity index (χ2v) is 3.48. The monoisotopic (exact) mass is 356 g/mol. The molecule has 11 heteroatoms. The summed E-state index contributed by atoms with van der Waals surface area (Å²) in [7, 11) is 0. The van der Waals surface area contributed by atoms with Crippen molar-refractivity contribution in [3.63, 3.8) is 0 Å². The van der Waals surface area contributed by atoms with Gasteiger partial charge in [0.1, 0.15) is 0 Å². The summed E-state index contributed by atoms with van der Waals surface area (Å²) in [4.78, 5) is 39.9. The molecule has 6 N–H and O–H groups in total. The van der Waals surface area contributed by atoms with Gasteiger partial charge in [0.2, 0.25) is 0 Å². The van der Waals surface area contributed by atoms with Crippen LogP contribution in [0.4, 0.5) is 0 Å². The Bertz CT molecular complexity index is 280. The largest absolute Gasteiger partial charge is 0.481 e. The fourth-order valence-corrected chi connectivity index (χ4v) is 0.335. The third kappa shape index (κ3) is 1090. The lowest BCUT2D eigenvalue weighted by atomic mass is 10.5. The van der Waals surface area contributed by atoms with Crippen molar-refractivity contribution in [2.24, 2.45) is 4.99 Å². The van der Waals surface area contributed by atoms with E-state index in [-0.39, 0.29) is 0 Å². The van der Waals surface area contributed by atoms with Gasteiger partial charge in [0.25, 0.3) is 23.9 Å². The molecule has 0 heterocycles. The van der Waals surface area contributed by atoms with Gasteiger partial charge in [-0.25, -0.2) is 5.48 Å². The highest BCUT2D eigenvalue weighted by Gasteiger charge is 1.74. The Labute approximate surface area is 140 Å². The summed E-state index contributed by atoms with van der Waals surface area (Å²) < 4.78 is 0. The van der Waals surface area contributed by atoms with E-state index in [1.807, 2.05) is 18.6 Å². The molecular weight excluding hydrogens is 328 g/mol. The van der Waals surface area contributed by atoms with Gasteiger partial charge >= 0.3 is 0 Å². The summed E-state index contributed by atoms with van der Waals surface area (Å²) in [6, 6.07) is 0. The van der Waals surface area contributed by atoms with Gasteiger partial charge in [-0.2, -0.15) is 0 Å². The highest BCUT2D eigenvalue weighted by Crippen LogP contribution is 1.68. The first-order valence-electron chi connectivity index (χ1n) is 6.48. The molecule has 144 valence electrons. The number of aliphatic carboxylic acids is 4. The van der Waals surface area contributed by atoms with Crippen molar-refractivity contribution in [1.29, 1.82) is 0 Å². The Kier molecular flexibility index (Phi) is 44.8. The summed E-state index contributed by atoms with van der Waals surface area (Å²) in [5.74, 6) is -3.33. The maximum atomic E-state index is 9.00. The van der Waals surface area contributed by atoms with Crippen molar-refractivity contribution >= 4 is 30.1 Å². The average Bonchev–Trinajstić information content (AvgIpc) is 2.32. The number of nitrogens with one attached hydrogen (secondary N) is 1. The molecular formula is C13H28N2O9. The molecule has 0 aromatic rings. The lowest BCUT2D eigenvalue weighted by molar-refractivity contribution is -0.135. The number of carboxylic acid groups (broad SMARTS) is 4. The van der Waals surface area contributed by atoms with E-state index in [9.17, 15) is 0 Å². The van der Waals surface area contributed by atoms with Crippen molar-refractivity contribution in [3.05, 3.63) is 0 Å². The van der Waals surface area contributed by atoms with E-state index < -0.39 is 23.9 Å². The van der Waals surface area contributed by atoms with Crippen molar-refractivity contribution in [3.8, 4) is 0 Å². The third-order valence-electron chi connectivity index (χ3n) is 0.664. The zero-order valence-electron chi connectivity index (χ0n) is 14.5. The van der Waals surface area contributed by atoms with Crippen molar-refractivity contribution in [2.45, 2.75) is 41.0 Å². The van der Waals surface area contributed by atoms with Crippen LogP contribution in [0.2, 0.25) is 0 Å². The Balaban J connectivity index is -0.0000000657. The molecule has 0 fully saturated rings. The van der Waals surface area contributed by atoms with E-state index in [1.54, 1.807) is 0 Å². The van der Waals surface area contributed by atoms with E-state index in [0.717, 1.165) is 34.1 Å². The molecule has 0 saturated heterocycles. The van der Waals surface area contributed by atoms with E-state index in [4.69, 9.17) is 44.8 Å². The minimum absolute atomic E-state index is 0.538. The Morgan fingerprint density at radius 3 is 1.25 bits per heavy atom. The molecule has 0 amide bonds. The molecule has 0 rings (SSSR count). The third-order valence-corrected chi connectivity index (χ3v) is 0.664. The molecule has 0 saturated carbocycles. The van der Waals surface area contributed by atoms with E-state index >= 15 is 0 Å². The van der Waals surface area contributed by atoms with Crippen LogP contribution in [0, 0.1) is 0 Å². The number of hydrogen-bond donors (Lipinski definition) is 6. The van der Waals surface area contributed by atoms with Gasteiger partial charge < -0.3 is 25.6 Å². The molecule has 0 aliphatic heterocycles. The van der Waals surface area contributed by atoms with Crippen molar-refractivity contribution < 1.29 is 44.8 Å². The van der Waals surface area contributed by atoms with E-state index in [1.165, 1.54) is 0 Å². The number of carbonyl (C=O) groups is 4. The Hall–Kier alpha value is -2.53. The topological polar surface area (TPSA) is 194 Å². The first-order valence-corrected chi connectivity index (χ1v) is 6.48. The van der Waals surface area contributed by atoms with Gasteiger partial charge in [0, 0.05) is 34.2 Å². The van der Waals surface area contributed by atoms with Gasteiger partial charge in [-0.15, -0.1) is 0 Å². The predicted octanol–water partition coefficient (Wildman–Crippen LogP) is 0.810. The molecule has 0 spiro atoms. The average molecular weight is 356 g/mol. The van der Waals surface area contributed by atoms with Crippen LogP contribution in [0.5, 0.6) is 0 Å². The number of carboxylic acids is 4. The number of hydrogen-bond acceptors (Lipinski definition) is 7. The lowest BCUT2D eigenvalue weighted by Crippen LogP contribution is -2.11. The minimum Gasteiger partial charge on any atom is -0.481 e. The number of hydroxylamine groups is 1. The van der Waals surface area contributed by atoms with Crippen LogP contribution < -0.4 is 5.48 Å². The minimum atomic E-state index is -0.833. The van der Waals surface area contributed by atoms with Crippen LogP contribution in [0.15, 0.2) is 4.99 Å². The summed E-state index contributed by atoms with van der Waals surface area (Å²) in [5.41, 5.74) is 2.01. The zero-order valence-corrected chi connectivity index (χ0v) is 14.5. The Morgan fingerprint density at radius 1 is 0.833 bits per heavy atom. The van der Waals surface area contributed by atoms with Gasteiger partial charge in [-0.3, -0.25) is 24.2 Å². The molecule has 0 bridgehead atoms. The number of nitrogens with zero attached hydrogens (tertiary/aromatic N) is 1. The van der Waals surface area contributed by atoms with Crippen LogP contribution in [0.3, 0.4) is 0 Å². The summed E-state index contributed by atoms with van der Waals surface area (Å²) in [5, 5.41) is 37.7. The van der Waals surface area contributed by atoms with Crippen LogP contribution in [0.1, 0.15) is 41.0 Å². The molecule has 24 heavy (non-hydrogen) atoms. The molecule has 0 aliphatic rings. The number of aliphatic imine (C=N–C) groups is 1. The molecule has 0 aliphatic carbocycles. The van der Waals surface area contributed by atoms with Gasteiger partial charge in [0.15, 0.2) is 0 Å². The molecule has 0 radical (unpaired) electrons. The predicted molar refractivity (Wildman–Crippen MR) is 86.7 cm³/mol. The maximum Gasteiger partial charge on any atom is 0.300 e. The molecule has 0 unspecified atom stereocenters. The van der Waals surface area contributed by atoms with Crippen LogP contribution in [0.25, 0.3) is 0 Å². The molecule has 11 nitrogen and oxygen atoms in total. The van der Waals surface area contributed by atoms with Crippen LogP contribution >= 0.6 is 0 Å². The first-order chi connectivity index (χ1) is 10.8. The molecule has 0 aromatic carbocycles. The fraction of sp³-hybridized carbons (Fsp3) is 0.615. The summed E-state index contributed by atoms with van der Waals surface area (Å²) in [6.07, 6.45) is 2.79. The van der Waals surface area contributed by atoms with E-state index in [2.05, 4.69) is 4.99 Å². The molecule has 0 atom stereocenters. The maximum absolute atomic E-state index is 9.00. The van der Waals surface area contributed by atoms with Crippen LogP contribution in [-0.4, -0.2) is 68.8 Å². The Morgan fingerprint density at radius 2 is 1.08 bits per heavy atom. The smallest absolute Gasteiger partial charge is 0.300 e. The highest BCUT2D eigenvalue weighted by atomic mass is 16.5. The van der Waals surface area contributed by atoms with Gasteiger partial charge in [0.05, 0.1) is 6.54 Å². The van der Waals surface area contributed by atoms with Gasteiger partial charge in [-0.05, 0) is 12.6 Å². The summed E-state index contributed by atoms with van der Waals surface area (Å²) in [6.45, 7) is 7.55. The standard InChI is InChI=1S/C5H12N2O.4C2H4O2/c1-2-3-6-4-5-7-8;4*1-2(3)4/h3,7-8H,2,4-5H2,1H3;4*1H3,(H,3,4). The summed E-state index contributed by atoms with van der Waals surface area (Å²) >= 11 is 0. The quantitative estimate of drug-likeness (QED) is 0.238. The molecule has 0 aromatic heterocycles. The van der Waals surface area contributed by atoms with Crippen LogP contribution in [-0.2, 0) is 19.2 Å².